The normalized spacial score (nSPS) is 28.6. The number of hydrogen-bond acceptors (Lipinski definition) is 10. The van der Waals surface area contributed by atoms with Crippen LogP contribution in [0.5, 0.6) is 5.75 Å². The fourth-order valence-electron chi connectivity index (χ4n) is 6.79. The number of amides is 2. The molecule has 2 fully saturated rings. The lowest BCUT2D eigenvalue weighted by atomic mass is 9.52. The van der Waals surface area contributed by atoms with Crippen molar-refractivity contribution in [2.45, 2.75) is 31.0 Å². The number of phenolic OH excluding ortho intramolecular Hbond substituents is 1. The van der Waals surface area contributed by atoms with Crippen LogP contribution in [0.25, 0.3) is 0 Å². The second-order valence-electron chi connectivity index (χ2n) is 11.4. The molecule has 12 heteroatoms. The third-order valence-corrected chi connectivity index (χ3v) is 8.67. The Bertz CT molecular complexity index is 1510. The molecule has 42 heavy (non-hydrogen) atoms. The molecule has 5 rings (SSSR count). The first-order valence-electron chi connectivity index (χ1n) is 13.6. The Labute approximate surface area is 241 Å². The quantitative estimate of drug-likeness (QED) is 0.214. The second kappa shape index (κ2) is 10.9. The number of primary amides is 1. The molecule has 0 radical (unpaired) electrons. The van der Waals surface area contributed by atoms with E-state index in [1.165, 1.54) is 25.1 Å². The third kappa shape index (κ3) is 4.61. The monoisotopic (exact) mass is 576 g/mol. The van der Waals surface area contributed by atoms with Gasteiger partial charge < -0.3 is 26.6 Å². The first-order chi connectivity index (χ1) is 19.9. The van der Waals surface area contributed by atoms with Crippen molar-refractivity contribution in [3.63, 3.8) is 0 Å². The van der Waals surface area contributed by atoms with Crippen molar-refractivity contribution in [2.75, 3.05) is 26.0 Å². The maximum absolute atomic E-state index is 13.9. The van der Waals surface area contributed by atoms with Crippen molar-refractivity contribution in [3.8, 4) is 5.75 Å². The van der Waals surface area contributed by atoms with Gasteiger partial charge >= 0.3 is 0 Å². The highest BCUT2D eigenvalue weighted by molar-refractivity contribution is 6.32. The van der Waals surface area contributed by atoms with Gasteiger partial charge in [-0.05, 0) is 50.0 Å². The third-order valence-electron chi connectivity index (χ3n) is 8.67. The van der Waals surface area contributed by atoms with Gasteiger partial charge in [-0.3, -0.25) is 33.7 Å². The molecule has 2 aromatic rings. The first-order valence-corrected chi connectivity index (χ1v) is 13.6. The van der Waals surface area contributed by atoms with Gasteiger partial charge in [-0.2, -0.15) is 0 Å². The van der Waals surface area contributed by atoms with Crippen LogP contribution in [0.3, 0.4) is 0 Å². The van der Waals surface area contributed by atoms with Crippen molar-refractivity contribution in [1.29, 1.82) is 0 Å². The Kier molecular flexibility index (Phi) is 7.56. The number of nitrogens with one attached hydrogen (secondary N) is 2. The van der Waals surface area contributed by atoms with Crippen LogP contribution in [0.2, 0.25) is 0 Å². The molecule has 12 nitrogen and oxygen atoms in total. The molecule has 3 aliphatic rings. The number of ketones is 4. The smallest absolute Gasteiger partial charge is 0.238 e. The summed E-state index contributed by atoms with van der Waals surface area (Å²) in [5.41, 5.74) is 3.73. The molecule has 0 saturated heterocycles. The Hall–Kier alpha value is -4.26. The first kappa shape index (κ1) is 29.2. The minimum absolute atomic E-state index is 0.0315. The van der Waals surface area contributed by atoms with Gasteiger partial charge in [0.15, 0.2) is 34.7 Å². The van der Waals surface area contributed by atoms with Gasteiger partial charge in [0.05, 0.1) is 29.8 Å². The zero-order valence-corrected chi connectivity index (χ0v) is 23.1. The molecule has 2 aromatic carbocycles. The van der Waals surface area contributed by atoms with Gasteiger partial charge in [0.2, 0.25) is 11.8 Å². The average Bonchev–Trinajstić information content (AvgIpc) is 2.92. The number of nitrogens with two attached hydrogens (primary N) is 1. The second-order valence-corrected chi connectivity index (χ2v) is 11.4. The van der Waals surface area contributed by atoms with Crippen molar-refractivity contribution in [3.05, 3.63) is 59.2 Å². The van der Waals surface area contributed by atoms with E-state index in [0.29, 0.717) is 12.1 Å². The standard InChI is InChI=1S/C30H32N4O8/c1-34(2)23-17-11-16-10-15-8-9-18(33-19(35)13-32-12-14-6-4-3-5-7-14)24(36)20(15)25(37)21(16)27(39)30(17,42)28(40)22(26(23)38)29(31)41/h3-9,16-17,21-23,32,36,42H,10-13H2,1-2H3,(H2,31,41)(H,33,35)/t16?,17?,21?,22?,23-,30-/m0/s1. The number of rotatable bonds is 7. The van der Waals surface area contributed by atoms with Crippen molar-refractivity contribution in [2.24, 2.45) is 29.4 Å². The van der Waals surface area contributed by atoms with Crippen LogP contribution in [0.4, 0.5) is 5.69 Å². The van der Waals surface area contributed by atoms with E-state index in [0.717, 1.165) is 5.56 Å². The van der Waals surface area contributed by atoms with Gasteiger partial charge in [0, 0.05) is 12.5 Å². The van der Waals surface area contributed by atoms with Crippen molar-refractivity contribution < 1.29 is 39.0 Å². The van der Waals surface area contributed by atoms with Crippen molar-refractivity contribution >= 4 is 40.6 Å². The number of Topliss-reactive ketones (excluding diaryl/α,β-unsaturated/α-hetero) is 4. The number of carbonyl (C=O) groups excluding carboxylic acids is 6. The Balaban J connectivity index is 1.41. The lowest BCUT2D eigenvalue weighted by Crippen LogP contribution is -2.74. The molecule has 3 aliphatic carbocycles. The Morgan fingerprint density at radius 1 is 1.05 bits per heavy atom. The minimum atomic E-state index is -2.79. The van der Waals surface area contributed by atoms with E-state index in [1.54, 1.807) is 6.07 Å². The molecule has 0 aromatic heterocycles. The number of nitrogens with zero attached hydrogens (tertiary/aromatic N) is 1. The predicted octanol–water partition coefficient (Wildman–Crippen LogP) is -0.405. The van der Waals surface area contributed by atoms with Gasteiger partial charge in [-0.15, -0.1) is 0 Å². The zero-order valence-electron chi connectivity index (χ0n) is 23.1. The zero-order chi connectivity index (χ0) is 30.5. The minimum Gasteiger partial charge on any atom is -0.505 e. The van der Waals surface area contributed by atoms with Crippen LogP contribution >= 0.6 is 0 Å². The summed E-state index contributed by atoms with van der Waals surface area (Å²) in [4.78, 5) is 80.2. The number of likely N-dealkylation sites (N-methyl/N-ethyl adjacent to an activating group) is 1. The highest BCUT2D eigenvalue weighted by Gasteiger charge is 2.69. The van der Waals surface area contributed by atoms with Crippen LogP contribution in [-0.4, -0.2) is 82.3 Å². The van der Waals surface area contributed by atoms with Crippen LogP contribution in [0, 0.1) is 23.7 Å². The molecule has 0 bridgehead atoms. The topological polar surface area (TPSA) is 196 Å². The summed E-state index contributed by atoms with van der Waals surface area (Å²) in [6.07, 6.45) is 0.114. The summed E-state index contributed by atoms with van der Waals surface area (Å²) in [6, 6.07) is 11.3. The number of hydrogen-bond donors (Lipinski definition) is 5. The van der Waals surface area contributed by atoms with Gasteiger partial charge in [-0.1, -0.05) is 36.4 Å². The van der Waals surface area contributed by atoms with E-state index < -0.39 is 76.0 Å². The van der Waals surface area contributed by atoms with Crippen LogP contribution < -0.4 is 16.4 Å². The molecule has 2 saturated carbocycles. The highest BCUT2D eigenvalue weighted by Crippen LogP contribution is 2.51. The van der Waals surface area contributed by atoms with E-state index in [1.807, 2.05) is 30.3 Å². The maximum Gasteiger partial charge on any atom is 0.238 e. The number of carbonyl (C=O) groups is 6. The molecule has 2 amide bonds. The molecular formula is C30H32N4O8. The molecule has 220 valence electrons. The van der Waals surface area contributed by atoms with E-state index in [-0.39, 0.29) is 30.6 Å². The molecule has 4 unspecified atom stereocenters. The van der Waals surface area contributed by atoms with E-state index in [9.17, 15) is 39.0 Å². The van der Waals surface area contributed by atoms with Crippen LogP contribution in [0.15, 0.2) is 42.5 Å². The lowest BCUT2D eigenvalue weighted by molar-refractivity contribution is -0.181. The molecule has 6 N–H and O–H groups in total. The predicted molar refractivity (Wildman–Crippen MR) is 148 cm³/mol. The summed E-state index contributed by atoms with van der Waals surface area (Å²) in [5, 5.41) is 28.2. The fourth-order valence-corrected chi connectivity index (χ4v) is 6.79. The van der Waals surface area contributed by atoms with E-state index in [4.69, 9.17) is 5.73 Å². The summed E-state index contributed by atoms with van der Waals surface area (Å²) >= 11 is 0. The summed E-state index contributed by atoms with van der Waals surface area (Å²) in [7, 11) is 3.06. The fraction of sp³-hybridized carbons (Fsp3) is 0.400. The maximum atomic E-state index is 13.9. The van der Waals surface area contributed by atoms with Crippen LogP contribution in [0.1, 0.15) is 27.9 Å². The van der Waals surface area contributed by atoms with Gasteiger partial charge in [-0.25, -0.2) is 0 Å². The summed E-state index contributed by atoms with van der Waals surface area (Å²) < 4.78 is 0. The van der Waals surface area contributed by atoms with E-state index in [2.05, 4.69) is 10.6 Å². The number of aromatic hydroxyl groups is 1. The van der Waals surface area contributed by atoms with Gasteiger partial charge in [0.25, 0.3) is 0 Å². The Morgan fingerprint density at radius 2 is 1.74 bits per heavy atom. The number of fused-ring (bicyclic) bond motifs is 3. The van der Waals surface area contributed by atoms with Crippen molar-refractivity contribution in [1.82, 2.24) is 10.2 Å². The number of anilines is 1. The number of phenols is 1. The SMILES string of the molecule is CN(C)[C@@H]1C(=O)C(C(N)=O)C(=O)[C@@]2(O)C(=O)C3C(=O)c4c(ccc(NC(=O)CNCc5ccccc5)c4O)CC3CC12. The highest BCUT2D eigenvalue weighted by atomic mass is 16.3. The summed E-state index contributed by atoms with van der Waals surface area (Å²) in [6.45, 7) is 0.361. The largest absolute Gasteiger partial charge is 0.505 e. The number of aliphatic hydroxyl groups is 1. The van der Waals surface area contributed by atoms with Gasteiger partial charge in [0.1, 0.15) is 5.75 Å². The molecule has 6 atom stereocenters. The molecule has 0 heterocycles. The van der Waals surface area contributed by atoms with E-state index >= 15 is 0 Å². The number of benzene rings is 2. The molecule has 0 aliphatic heterocycles. The lowest BCUT2D eigenvalue weighted by Gasteiger charge is -2.52. The Morgan fingerprint density at radius 3 is 2.38 bits per heavy atom. The molecule has 0 spiro atoms. The summed E-state index contributed by atoms with van der Waals surface area (Å²) in [5.74, 6) is -11.7. The van der Waals surface area contributed by atoms with Crippen LogP contribution in [-0.2, 0) is 36.9 Å². The average molecular weight is 577 g/mol. The molecular weight excluding hydrogens is 544 g/mol.